The highest BCUT2D eigenvalue weighted by atomic mass is 16.7. The topological polar surface area (TPSA) is 73.9 Å². The first-order valence-electron chi connectivity index (χ1n) is 13.9. The highest BCUT2D eigenvalue weighted by Gasteiger charge is 2.26. The summed E-state index contributed by atoms with van der Waals surface area (Å²) in [5.41, 5.74) is 3.78. The van der Waals surface area contributed by atoms with Crippen LogP contribution in [0.2, 0.25) is 0 Å². The Bertz CT molecular complexity index is 1120. The van der Waals surface area contributed by atoms with Crippen molar-refractivity contribution < 1.29 is 23.8 Å². The van der Waals surface area contributed by atoms with Crippen LogP contribution in [0.1, 0.15) is 102 Å². The van der Waals surface area contributed by atoms with Crippen LogP contribution in [0.5, 0.6) is 11.5 Å². The van der Waals surface area contributed by atoms with Gasteiger partial charge in [0.25, 0.3) is 0 Å². The van der Waals surface area contributed by atoms with E-state index in [-0.39, 0.29) is 30.0 Å². The third-order valence-electron chi connectivity index (χ3n) is 6.71. The SMILES string of the molecule is CCCCCC(CC(=O)Nc1cc(/C=C/CCC(=O)OCC)ccc1C(C)(C)C)c1cccc2c1OCO2. The van der Waals surface area contributed by atoms with E-state index in [1.165, 1.54) is 0 Å². The van der Waals surface area contributed by atoms with Crippen LogP contribution in [-0.2, 0) is 19.7 Å². The van der Waals surface area contributed by atoms with Gasteiger partial charge in [-0.2, -0.15) is 0 Å². The second-order valence-electron chi connectivity index (χ2n) is 10.8. The van der Waals surface area contributed by atoms with E-state index in [4.69, 9.17) is 14.2 Å². The number of fused-ring (bicyclic) bond motifs is 1. The first-order chi connectivity index (χ1) is 18.2. The summed E-state index contributed by atoms with van der Waals surface area (Å²) in [4.78, 5) is 25.1. The second-order valence-corrected chi connectivity index (χ2v) is 10.8. The van der Waals surface area contributed by atoms with Gasteiger partial charge in [0, 0.05) is 24.1 Å². The molecule has 1 atom stereocenters. The molecule has 1 heterocycles. The molecule has 0 bridgehead atoms. The van der Waals surface area contributed by atoms with Crippen LogP contribution in [0.15, 0.2) is 42.5 Å². The Hall–Kier alpha value is -3.28. The van der Waals surface area contributed by atoms with Crippen molar-refractivity contribution in [2.45, 2.75) is 90.9 Å². The molecule has 1 aliphatic heterocycles. The Labute approximate surface area is 227 Å². The largest absolute Gasteiger partial charge is 0.466 e. The fourth-order valence-corrected chi connectivity index (χ4v) is 4.78. The number of unbranched alkanes of at least 4 members (excludes halogenated alkanes) is 2. The van der Waals surface area contributed by atoms with Crippen LogP contribution in [-0.4, -0.2) is 25.3 Å². The van der Waals surface area contributed by atoms with Crippen molar-refractivity contribution in [1.82, 2.24) is 0 Å². The molecule has 206 valence electrons. The molecule has 38 heavy (non-hydrogen) atoms. The van der Waals surface area contributed by atoms with Gasteiger partial charge in [-0.1, -0.05) is 83.4 Å². The predicted molar refractivity (Wildman–Crippen MR) is 153 cm³/mol. The van der Waals surface area contributed by atoms with E-state index in [2.05, 4.69) is 51.2 Å². The number of ether oxygens (including phenoxy) is 3. The number of anilines is 1. The van der Waals surface area contributed by atoms with Gasteiger partial charge in [-0.3, -0.25) is 9.59 Å². The average Bonchev–Trinajstić information content (AvgIpc) is 3.35. The Morgan fingerprint density at radius 2 is 1.92 bits per heavy atom. The monoisotopic (exact) mass is 521 g/mol. The Morgan fingerprint density at radius 1 is 1.11 bits per heavy atom. The van der Waals surface area contributed by atoms with Crippen LogP contribution in [0, 0.1) is 0 Å². The van der Waals surface area contributed by atoms with Crippen molar-refractivity contribution in [2.75, 3.05) is 18.7 Å². The molecule has 1 N–H and O–H groups in total. The molecule has 6 nitrogen and oxygen atoms in total. The average molecular weight is 522 g/mol. The summed E-state index contributed by atoms with van der Waals surface area (Å²) in [5, 5.41) is 3.22. The van der Waals surface area contributed by atoms with Crippen molar-refractivity contribution in [3.63, 3.8) is 0 Å². The molecule has 3 rings (SSSR count). The summed E-state index contributed by atoms with van der Waals surface area (Å²) in [7, 11) is 0. The highest BCUT2D eigenvalue weighted by Crippen LogP contribution is 2.42. The van der Waals surface area contributed by atoms with Crippen LogP contribution < -0.4 is 14.8 Å². The zero-order chi connectivity index (χ0) is 27.5. The third kappa shape index (κ3) is 8.37. The van der Waals surface area contributed by atoms with E-state index >= 15 is 0 Å². The van der Waals surface area contributed by atoms with E-state index in [9.17, 15) is 9.59 Å². The Morgan fingerprint density at radius 3 is 2.66 bits per heavy atom. The molecule has 0 aliphatic carbocycles. The standard InChI is InChI=1S/C32H43NO5/c1-6-8-9-14-24(25-15-12-16-28-31(25)38-22-37-28)21-29(34)33-27-20-23(18-19-26(27)32(3,4)5)13-10-11-17-30(35)36-7-2/h10,12-13,15-16,18-20,24H,6-9,11,14,17,21-22H2,1-5H3,(H,33,34)/b13-10+. The van der Waals surface area contributed by atoms with Gasteiger partial charge in [-0.15, -0.1) is 0 Å². The zero-order valence-corrected chi connectivity index (χ0v) is 23.6. The highest BCUT2D eigenvalue weighted by molar-refractivity contribution is 5.92. The van der Waals surface area contributed by atoms with Crippen LogP contribution in [0.3, 0.4) is 0 Å². The minimum absolute atomic E-state index is 0.0167. The van der Waals surface area contributed by atoms with Gasteiger partial charge in [0.05, 0.1) is 6.61 Å². The number of allylic oxidation sites excluding steroid dienone is 1. The van der Waals surface area contributed by atoms with E-state index in [1.807, 2.05) is 37.3 Å². The summed E-state index contributed by atoms with van der Waals surface area (Å²) in [6.07, 6.45) is 9.50. The zero-order valence-electron chi connectivity index (χ0n) is 23.6. The molecule has 6 heteroatoms. The second kappa shape index (κ2) is 14.0. The summed E-state index contributed by atoms with van der Waals surface area (Å²) in [6.45, 7) is 11.0. The molecule has 0 saturated heterocycles. The maximum Gasteiger partial charge on any atom is 0.306 e. The van der Waals surface area contributed by atoms with Crippen molar-refractivity contribution in [3.05, 3.63) is 59.2 Å². The Balaban J connectivity index is 1.77. The van der Waals surface area contributed by atoms with Gasteiger partial charge < -0.3 is 19.5 Å². The van der Waals surface area contributed by atoms with E-state index in [0.717, 1.165) is 59.6 Å². The van der Waals surface area contributed by atoms with E-state index in [1.54, 1.807) is 0 Å². The van der Waals surface area contributed by atoms with Gasteiger partial charge in [0.2, 0.25) is 12.7 Å². The molecule has 0 radical (unpaired) electrons. The minimum atomic E-state index is -0.192. The van der Waals surface area contributed by atoms with Gasteiger partial charge in [-0.05, 0) is 54.4 Å². The molecule has 1 aliphatic rings. The van der Waals surface area contributed by atoms with Crippen molar-refractivity contribution in [3.8, 4) is 11.5 Å². The number of benzene rings is 2. The fourth-order valence-electron chi connectivity index (χ4n) is 4.78. The third-order valence-corrected chi connectivity index (χ3v) is 6.71. The lowest BCUT2D eigenvalue weighted by Gasteiger charge is -2.24. The van der Waals surface area contributed by atoms with Crippen LogP contribution >= 0.6 is 0 Å². The van der Waals surface area contributed by atoms with E-state index in [0.29, 0.717) is 25.9 Å². The smallest absolute Gasteiger partial charge is 0.306 e. The predicted octanol–water partition coefficient (Wildman–Crippen LogP) is 7.76. The van der Waals surface area contributed by atoms with Crippen molar-refractivity contribution in [2.24, 2.45) is 0 Å². The van der Waals surface area contributed by atoms with Crippen LogP contribution in [0.25, 0.3) is 6.08 Å². The lowest BCUT2D eigenvalue weighted by molar-refractivity contribution is -0.143. The number of amides is 1. The number of hydrogen-bond acceptors (Lipinski definition) is 5. The maximum absolute atomic E-state index is 13.5. The minimum Gasteiger partial charge on any atom is -0.466 e. The first kappa shape index (κ1) is 29.3. The molecule has 2 aromatic carbocycles. The lowest BCUT2D eigenvalue weighted by atomic mass is 9.84. The molecule has 0 aromatic heterocycles. The molecule has 1 unspecified atom stereocenters. The molecule has 1 amide bonds. The summed E-state index contributed by atoms with van der Waals surface area (Å²) in [6, 6.07) is 12.1. The van der Waals surface area contributed by atoms with Crippen molar-refractivity contribution in [1.29, 1.82) is 0 Å². The number of para-hydroxylation sites is 1. The summed E-state index contributed by atoms with van der Waals surface area (Å²) >= 11 is 0. The normalized spacial score (nSPS) is 13.5. The molecular weight excluding hydrogens is 478 g/mol. The maximum atomic E-state index is 13.5. The van der Waals surface area contributed by atoms with Gasteiger partial charge in [-0.25, -0.2) is 0 Å². The van der Waals surface area contributed by atoms with Gasteiger partial charge >= 0.3 is 5.97 Å². The van der Waals surface area contributed by atoms with Crippen LogP contribution in [0.4, 0.5) is 5.69 Å². The number of nitrogens with one attached hydrogen (secondary N) is 1. The first-order valence-corrected chi connectivity index (χ1v) is 13.9. The van der Waals surface area contributed by atoms with Gasteiger partial charge in [0.15, 0.2) is 11.5 Å². The van der Waals surface area contributed by atoms with Crippen molar-refractivity contribution >= 4 is 23.6 Å². The number of rotatable bonds is 13. The molecule has 0 spiro atoms. The molecular formula is C32H43NO5. The number of hydrogen-bond donors (Lipinski definition) is 1. The number of carbonyl (C=O) groups excluding carboxylic acids is 2. The molecule has 2 aromatic rings. The van der Waals surface area contributed by atoms with E-state index < -0.39 is 0 Å². The fraction of sp³-hybridized carbons (Fsp3) is 0.500. The summed E-state index contributed by atoms with van der Waals surface area (Å²) < 4.78 is 16.4. The molecule has 0 fully saturated rings. The van der Waals surface area contributed by atoms with Gasteiger partial charge in [0.1, 0.15) is 0 Å². The summed E-state index contributed by atoms with van der Waals surface area (Å²) in [5.74, 6) is 1.36. The Kier molecular flexibility index (Phi) is 10.8. The number of carbonyl (C=O) groups is 2. The lowest BCUT2D eigenvalue weighted by Crippen LogP contribution is -2.20. The quantitative estimate of drug-likeness (QED) is 0.215. The number of esters is 1. The molecule has 0 saturated carbocycles.